The Morgan fingerprint density at radius 3 is 2.80 bits per heavy atom. The second-order valence-corrected chi connectivity index (χ2v) is 7.01. The number of hydrogen-bond donors (Lipinski definition) is 2. The van der Waals surface area contributed by atoms with Crippen LogP contribution in [-0.4, -0.2) is 33.7 Å². The molecule has 3 aromatic rings. The number of fused-ring (bicyclic) bond motifs is 4. The number of nitrogens with one attached hydrogen (secondary N) is 1. The summed E-state index contributed by atoms with van der Waals surface area (Å²) in [6, 6.07) is 3.86. The maximum Gasteiger partial charge on any atom is 0.212 e. The third-order valence-corrected chi connectivity index (χ3v) is 5.00. The van der Waals surface area contributed by atoms with E-state index in [-0.39, 0.29) is 6.17 Å². The van der Waals surface area contributed by atoms with Gasteiger partial charge in [-0.05, 0) is 6.92 Å². The summed E-state index contributed by atoms with van der Waals surface area (Å²) in [6.07, 6.45) is 0.511. The van der Waals surface area contributed by atoms with Gasteiger partial charge in [-0.25, -0.2) is 15.0 Å². The van der Waals surface area contributed by atoms with Crippen LogP contribution in [0.4, 0.5) is 5.95 Å². The van der Waals surface area contributed by atoms with E-state index in [2.05, 4.69) is 20.3 Å². The first-order valence-electron chi connectivity index (χ1n) is 8.03. The number of ether oxygens (including phenoxy) is 2. The molecule has 8 nitrogen and oxygen atoms in total. The van der Waals surface area contributed by atoms with Gasteiger partial charge >= 0.3 is 0 Å². The monoisotopic (exact) mass is 356 g/mol. The minimum absolute atomic E-state index is 0.326. The number of benzene rings is 1. The van der Waals surface area contributed by atoms with Gasteiger partial charge in [-0.1, -0.05) is 0 Å². The van der Waals surface area contributed by atoms with Crippen molar-refractivity contribution < 1.29 is 9.47 Å². The second kappa shape index (κ2) is 5.35. The maximum atomic E-state index is 5.96. The summed E-state index contributed by atoms with van der Waals surface area (Å²) in [5.74, 6) is 2.41. The predicted molar refractivity (Wildman–Crippen MR) is 95.6 cm³/mol. The average Bonchev–Trinajstić information content (AvgIpc) is 3.08. The number of imidazole rings is 1. The summed E-state index contributed by atoms with van der Waals surface area (Å²) in [5, 5.41) is 6.02. The van der Waals surface area contributed by atoms with Crippen molar-refractivity contribution in [2.24, 2.45) is 10.7 Å². The lowest BCUT2D eigenvalue weighted by Crippen LogP contribution is -2.31. The predicted octanol–water partition coefficient (Wildman–Crippen LogP) is 2.25. The SMILES string of the molecule is Cc1nc([C@@H]2N=C(N)Nc3nc4cc5c(cc4n32)OCCCO5)cs1. The van der Waals surface area contributed by atoms with Gasteiger partial charge in [0.15, 0.2) is 23.6 Å². The zero-order valence-electron chi connectivity index (χ0n) is 13.5. The number of anilines is 1. The summed E-state index contributed by atoms with van der Waals surface area (Å²) < 4.78 is 13.6. The van der Waals surface area contributed by atoms with Gasteiger partial charge in [0.1, 0.15) is 0 Å². The fourth-order valence-electron chi connectivity index (χ4n) is 3.12. The van der Waals surface area contributed by atoms with E-state index in [9.17, 15) is 0 Å². The van der Waals surface area contributed by atoms with Crippen LogP contribution in [0.5, 0.6) is 11.5 Å². The standard InChI is InChI=1S/C16H16N6O2S/c1-8-18-10(7-25-8)14-20-15(17)21-16-19-9-5-12-13(6-11(9)22(14)16)24-4-2-3-23-12/h5-7,14H,2-4H2,1H3,(H3,17,19,20,21)/t14-/m1/s1. The van der Waals surface area contributed by atoms with Crippen molar-refractivity contribution in [3.05, 3.63) is 28.2 Å². The van der Waals surface area contributed by atoms with E-state index in [1.807, 2.05) is 29.0 Å². The van der Waals surface area contributed by atoms with E-state index >= 15 is 0 Å². The lowest BCUT2D eigenvalue weighted by molar-refractivity contribution is 0.297. The van der Waals surface area contributed by atoms with Crippen molar-refractivity contribution >= 4 is 34.3 Å². The van der Waals surface area contributed by atoms with Gasteiger partial charge in [-0.2, -0.15) is 0 Å². The molecule has 0 radical (unpaired) electrons. The number of nitrogens with zero attached hydrogens (tertiary/aromatic N) is 4. The first kappa shape index (κ1) is 14.5. The smallest absolute Gasteiger partial charge is 0.212 e. The Hall–Kier alpha value is -2.81. The molecule has 0 aliphatic carbocycles. The highest BCUT2D eigenvalue weighted by atomic mass is 32.1. The molecular weight excluding hydrogens is 340 g/mol. The number of nitrogens with two attached hydrogens (primary N) is 1. The van der Waals surface area contributed by atoms with Crippen LogP contribution in [0.25, 0.3) is 11.0 Å². The van der Waals surface area contributed by atoms with E-state index in [1.165, 1.54) is 0 Å². The van der Waals surface area contributed by atoms with Gasteiger partial charge in [0, 0.05) is 23.9 Å². The van der Waals surface area contributed by atoms with Crippen LogP contribution in [0.15, 0.2) is 22.5 Å². The molecule has 0 saturated heterocycles. The van der Waals surface area contributed by atoms with Crippen molar-refractivity contribution in [3.63, 3.8) is 0 Å². The quantitative estimate of drug-likeness (QED) is 0.694. The van der Waals surface area contributed by atoms with Crippen LogP contribution >= 0.6 is 11.3 Å². The Bertz CT molecular complexity index is 1010. The molecule has 0 saturated carbocycles. The Labute approximate surface area is 147 Å². The van der Waals surface area contributed by atoms with Gasteiger partial charge in [-0.3, -0.25) is 9.88 Å². The van der Waals surface area contributed by atoms with Gasteiger partial charge in [0.25, 0.3) is 0 Å². The number of aliphatic imine (C=N–C) groups is 1. The molecule has 2 aliphatic rings. The molecule has 9 heteroatoms. The summed E-state index contributed by atoms with van der Waals surface area (Å²) >= 11 is 1.59. The summed E-state index contributed by atoms with van der Waals surface area (Å²) in [6.45, 7) is 3.25. The first-order chi connectivity index (χ1) is 12.2. The molecule has 25 heavy (non-hydrogen) atoms. The number of hydrogen-bond acceptors (Lipinski definition) is 8. The highest BCUT2D eigenvalue weighted by molar-refractivity contribution is 7.09. The molecule has 0 bridgehead atoms. The molecule has 128 valence electrons. The molecule has 2 aromatic heterocycles. The van der Waals surface area contributed by atoms with Crippen LogP contribution in [0, 0.1) is 6.92 Å². The highest BCUT2D eigenvalue weighted by Crippen LogP contribution is 2.39. The van der Waals surface area contributed by atoms with E-state index < -0.39 is 0 Å². The molecule has 0 amide bonds. The summed E-state index contributed by atoms with van der Waals surface area (Å²) in [4.78, 5) is 13.8. The third kappa shape index (κ3) is 2.30. The fourth-order valence-corrected chi connectivity index (χ4v) is 3.74. The largest absolute Gasteiger partial charge is 0.489 e. The Morgan fingerprint density at radius 1 is 1.24 bits per heavy atom. The number of rotatable bonds is 1. The second-order valence-electron chi connectivity index (χ2n) is 5.95. The molecular formula is C16H16N6O2S. The van der Waals surface area contributed by atoms with Gasteiger partial charge in [0.05, 0.1) is 34.9 Å². The number of aromatic nitrogens is 3. The zero-order valence-corrected chi connectivity index (χ0v) is 14.3. The van der Waals surface area contributed by atoms with Crippen molar-refractivity contribution in [3.8, 4) is 11.5 Å². The minimum atomic E-state index is -0.351. The van der Waals surface area contributed by atoms with Gasteiger partial charge < -0.3 is 15.2 Å². The molecule has 0 unspecified atom stereocenters. The lowest BCUT2D eigenvalue weighted by atomic mass is 10.2. The molecule has 5 rings (SSSR count). The zero-order chi connectivity index (χ0) is 17.0. The van der Waals surface area contributed by atoms with E-state index in [0.29, 0.717) is 25.1 Å². The van der Waals surface area contributed by atoms with E-state index in [1.54, 1.807) is 11.3 Å². The van der Waals surface area contributed by atoms with Crippen molar-refractivity contribution in [1.29, 1.82) is 0 Å². The van der Waals surface area contributed by atoms with Crippen LogP contribution in [0.2, 0.25) is 0 Å². The van der Waals surface area contributed by atoms with Crippen molar-refractivity contribution in [2.45, 2.75) is 19.5 Å². The van der Waals surface area contributed by atoms with Crippen LogP contribution in [0.3, 0.4) is 0 Å². The minimum Gasteiger partial charge on any atom is -0.489 e. The Morgan fingerprint density at radius 2 is 2.04 bits per heavy atom. The van der Waals surface area contributed by atoms with Crippen molar-refractivity contribution in [2.75, 3.05) is 18.5 Å². The third-order valence-electron chi connectivity index (χ3n) is 4.21. The number of thiazole rings is 1. The molecule has 0 spiro atoms. The first-order valence-corrected chi connectivity index (χ1v) is 8.91. The highest BCUT2D eigenvalue weighted by Gasteiger charge is 2.28. The van der Waals surface area contributed by atoms with Crippen molar-refractivity contribution in [1.82, 2.24) is 14.5 Å². The molecule has 3 N–H and O–H groups in total. The molecule has 1 aromatic carbocycles. The summed E-state index contributed by atoms with van der Waals surface area (Å²) in [5.41, 5.74) is 8.51. The fraction of sp³-hybridized carbons (Fsp3) is 0.312. The molecule has 1 atom stereocenters. The Balaban J connectivity index is 1.72. The maximum absolute atomic E-state index is 5.96. The van der Waals surface area contributed by atoms with Crippen LogP contribution in [-0.2, 0) is 0 Å². The van der Waals surface area contributed by atoms with Crippen LogP contribution in [0.1, 0.15) is 23.3 Å². The van der Waals surface area contributed by atoms with Gasteiger partial charge in [-0.15, -0.1) is 11.3 Å². The number of aryl methyl sites for hydroxylation is 1. The average molecular weight is 356 g/mol. The van der Waals surface area contributed by atoms with E-state index in [0.717, 1.165) is 39.7 Å². The normalized spacial score (nSPS) is 19.1. The number of guanidine groups is 1. The van der Waals surface area contributed by atoms with Gasteiger partial charge in [0.2, 0.25) is 5.95 Å². The summed E-state index contributed by atoms with van der Waals surface area (Å²) in [7, 11) is 0. The van der Waals surface area contributed by atoms with E-state index in [4.69, 9.17) is 15.2 Å². The Kier molecular flexibility index (Phi) is 3.11. The molecule has 0 fully saturated rings. The molecule has 2 aliphatic heterocycles. The lowest BCUT2D eigenvalue weighted by Gasteiger charge is -2.22. The molecule has 4 heterocycles. The topological polar surface area (TPSA) is 99.6 Å². The van der Waals surface area contributed by atoms with Crippen LogP contribution < -0.4 is 20.5 Å².